The highest BCUT2D eigenvalue weighted by molar-refractivity contribution is 6.30. The van der Waals surface area contributed by atoms with Gasteiger partial charge in [-0.3, -0.25) is 0 Å². The van der Waals surface area contributed by atoms with E-state index in [-0.39, 0.29) is 6.10 Å². The smallest absolute Gasteiger partial charge is 0.0696 e. The summed E-state index contributed by atoms with van der Waals surface area (Å²) in [6.45, 7) is 1.72. The van der Waals surface area contributed by atoms with Gasteiger partial charge in [-0.15, -0.1) is 0 Å². The van der Waals surface area contributed by atoms with E-state index in [4.69, 9.17) is 11.6 Å². The summed E-state index contributed by atoms with van der Waals surface area (Å²) in [5, 5.41) is 13.8. The Bertz CT molecular complexity index is 329. The Morgan fingerprint density at radius 3 is 3.07 bits per heavy atom. The van der Waals surface area contributed by atoms with Crippen LogP contribution in [-0.2, 0) is 6.42 Å². The van der Waals surface area contributed by atoms with E-state index < -0.39 is 0 Å². The molecular weight excluding hydrogens is 210 g/mol. The quantitative estimate of drug-likeness (QED) is 0.805. The van der Waals surface area contributed by atoms with Gasteiger partial charge in [-0.1, -0.05) is 23.7 Å². The zero-order valence-electron chi connectivity index (χ0n) is 8.62. The molecule has 1 aliphatic heterocycles. The van der Waals surface area contributed by atoms with E-state index in [0.717, 1.165) is 24.4 Å². The molecule has 2 atom stereocenters. The van der Waals surface area contributed by atoms with Gasteiger partial charge in [-0.05, 0) is 43.0 Å². The molecule has 1 aromatic carbocycles. The van der Waals surface area contributed by atoms with E-state index in [1.54, 1.807) is 0 Å². The van der Waals surface area contributed by atoms with Crippen LogP contribution in [0.3, 0.4) is 0 Å². The SMILES string of the molecule is OC1CNCCC1Cc1cccc(Cl)c1. The van der Waals surface area contributed by atoms with Crippen LogP contribution < -0.4 is 5.32 Å². The maximum atomic E-state index is 9.80. The third-order valence-corrected chi connectivity index (χ3v) is 3.21. The normalized spacial score (nSPS) is 26.5. The molecule has 0 radical (unpaired) electrons. The van der Waals surface area contributed by atoms with Gasteiger partial charge in [0.05, 0.1) is 6.10 Å². The number of halogens is 1. The molecule has 0 aromatic heterocycles. The Balaban J connectivity index is 2.01. The molecule has 2 unspecified atom stereocenters. The summed E-state index contributed by atoms with van der Waals surface area (Å²) in [4.78, 5) is 0. The summed E-state index contributed by atoms with van der Waals surface area (Å²) < 4.78 is 0. The number of β-amino-alcohol motifs (C(OH)–C–C–N with tert-alkyl or cyclic N) is 1. The number of benzene rings is 1. The molecule has 0 bridgehead atoms. The van der Waals surface area contributed by atoms with Gasteiger partial charge in [0, 0.05) is 11.6 Å². The number of aliphatic hydroxyl groups excluding tert-OH is 1. The average Bonchev–Trinajstić information content (AvgIpc) is 2.22. The van der Waals surface area contributed by atoms with Crippen LogP contribution in [0.15, 0.2) is 24.3 Å². The van der Waals surface area contributed by atoms with Crippen molar-refractivity contribution in [3.63, 3.8) is 0 Å². The third kappa shape index (κ3) is 2.94. The first-order chi connectivity index (χ1) is 7.25. The number of hydrogen-bond acceptors (Lipinski definition) is 2. The minimum Gasteiger partial charge on any atom is -0.392 e. The van der Waals surface area contributed by atoms with E-state index in [1.165, 1.54) is 5.56 Å². The molecule has 0 saturated carbocycles. The Kier molecular flexibility index (Phi) is 3.62. The molecular formula is C12H16ClNO. The van der Waals surface area contributed by atoms with E-state index in [2.05, 4.69) is 11.4 Å². The fourth-order valence-corrected chi connectivity index (χ4v) is 2.31. The van der Waals surface area contributed by atoms with Gasteiger partial charge in [0.15, 0.2) is 0 Å². The molecule has 15 heavy (non-hydrogen) atoms. The first-order valence-electron chi connectivity index (χ1n) is 5.39. The van der Waals surface area contributed by atoms with Crippen molar-refractivity contribution in [1.82, 2.24) is 5.32 Å². The molecule has 82 valence electrons. The summed E-state index contributed by atoms with van der Waals surface area (Å²) in [7, 11) is 0. The molecule has 0 amide bonds. The van der Waals surface area contributed by atoms with Gasteiger partial charge in [0.1, 0.15) is 0 Å². The van der Waals surface area contributed by atoms with Crippen molar-refractivity contribution in [2.45, 2.75) is 18.9 Å². The molecule has 2 N–H and O–H groups in total. The van der Waals surface area contributed by atoms with Gasteiger partial charge in [0.25, 0.3) is 0 Å². The minimum absolute atomic E-state index is 0.224. The lowest BCUT2D eigenvalue weighted by Crippen LogP contribution is -2.41. The topological polar surface area (TPSA) is 32.3 Å². The zero-order valence-corrected chi connectivity index (χ0v) is 9.37. The second kappa shape index (κ2) is 4.97. The molecule has 3 heteroatoms. The number of rotatable bonds is 2. The maximum absolute atomic E-state index is 9.80. The second-order valence-electron chi connectivity index (χ2n) is 4.15. The molecule has 2 rings (SSSR count). The van der Waals surface area contributed by atoms with Crippen LogP contribution in [0.2, 0.25) is 5.02 Å². The molecule has 0 spiro atoms. The van der Waals surface area contributed by atoms with Gasteiger partial charge in [-0.2, -0.15) is 0 Å². The standard InChI is InChI=1S/C12H16ClNO/c13-11-3-1-2-9(7-11)6-10-4-5-14-8-12(10)15/h1-3,7,10,12,14-15H,4-6,8H2. The van der Waals surface area contributed by atoms with Crippen LogP contribution in [0, 0.1) is 5.92 Å². The predicted molar refractivity (Wildman–Crippen MR) is 62.1 cm³/mol. The van der Waals surface area contributed by atoms with Crippen LogP contribution in [0.25, 0.3) is 0 Å². The Morgan fingerprint density at radius 2 is 2.33 bits per heavy atom. The number of hydrogen-bond donors (Lipinski definition) is 2. The highest BCUT2D eigenvalue weighted by atomic mass is 35.5. The molecule has 1 aliphatic rings. The highest BCUT2D eigenvalue weighted by Crippen LogP contribution is 2.20. The first kappa shape index (κ1) is 10.9. The fraction of sp³-hybridized carbons (Fsp3) is 0.500. The molecule has 0 aliphatic carbocycles. The van der Waals surface area contributed by atoms with Gasteiger partial charge >= 0.3 is 0 Å². The number of aliphatic hydroxyl groups is 1. The maximum Gasteiger partial charge on any atom is 0.0696 e. The van der Waals surface area contributed by atoms with Crippen LogP contribution in [-0.4, -0.2) is 24.3 Å². The third-order valence-electron chi connectivity index (χ3n) is 2.98. The summed E-state index contributed by atoms with van der Waals surface area (Å²) in [5.74, 6) is 0.365. The summed E-state index contributed by atoms with van der Waals surface area (Å²) in [6.07, 6.45) is 1.73. The van der Waals surface area contributed by atoms with Crippen molar-refractivity contribution >= 4 is 11.6 Å². The largest absolute Gasteiger partial charge is 0.392 e. The predicted octanol–water partition coefficient (Wildman–Crippen LogP) is 1.85. The average molecular weight is 226 g/mol. The molecule has 1 fully saturated rings. The van der Waals surface area contributed by atoms with Crippen LogP contribution >= 0.6 is 11.6 Å². The van der Waals surface area contributed by atoms with E-state index in [0.29, 0.717) is 12.5 Å². The lowest BCUT2D eigenvalue weighted by molar-refractivity contribution is 0.0820. The zero-order chi connectivity index (χ0) is 10.7. The van der Waals surface area contributed by atoms with Crippen LogP contribution in [0.4, 0.5) is 0 Å². The van der Waals surface area contributed by atoms with Crippen molar-refractivity contribution in [3.8, 4) is 0 Å². The number of piperidine rings is 1. The summed E-state index contributed by atoms with van der Waals surface area (Å²) in [6, 6.07) is 7.89. The Hall–Kier alpha value is -0.570. The summed E-state index contributed by atoms with van der Waals surface area (Å²) >= 11 is 5.92. The summed E-state index contributed by atoms with van der Waals surface area (Å²) in [5.41, 5.74) is 1.22. The van der Waals surface area contributed by atoms with Crippen molar-refractivity contribution in [2.75, 3.05) is 13.1 Å². The van der Waals surface area contributed by atoms with Crippen LogP contribution in [0.1, 0.15) is 12.0 Å². The fourth-order valence-electron chi connectivity index (χ4n) is 2.10. The van der Waals surface area contributed by atoms with E-state index in [9.17, 15) is 5.11 Å². The Morgan fingerprint density at radius 1 is 1.47 bits per heavy atom. The monoisotopic (exact) mass is 225 g/mol. The van der Waals surface area contributed by atoms with Gasteiger partial charge < -0.3 is 10.4 Å². The van der Waals surface area contributed by atoms with Gasteiger partial charge in [-0.25, -0.2) is 0 Å². The highest BCUT2D eigenvalue weighted by Gasteiger charge is 2.22. The second-order valence-corrected chi connectivity index (χ2v) is 4.59. The van der Waals surface area contributed by atoms with Crippen molar-refractivity contribution < 1.29 is 5.11 Å². The molecule has 2 nitrogen and oxygen atoms in total. The lowest BCUT2D eigenvalue weighted by Gasteiger charge is -2.28. The van der Waals surface area contributed by atoms with E-state index >= 15 is 0 Å². The molecule has 1 saturated heterocycles. The minimum atomic E-state index is -0.224. The molecule has 1 heterocycles. The van der Waals surface area contributed by atoms with Crippen molar-refractivity contribution in [1.29, 1.82) is 0 Å². The lowest BCUT2D eigenvalue weighted by atomic mass is 9.89. The van der Waals surface area contributed by atoms with Gasteiger partial charge in [0.2, 0.25) is 0 Å². The number of nitrogens with one attached hydrogen (secondary N) is 1. The van der Waals surface area contributed by atoms with Crippen LogP contribution in [0.5, 0.6) is 0 Å². The molecule has 1 aromatic rings. The van der Waals surface area contributed by atoms with Crippen molar-refractivity contribution in [3.05, 3.63) is 34.9 Å². The Labute approximate surface area is 95.3 Å². The van der Waals surface area contributed by atoms with Crippen molar-refractivity contribution in [2.24, 2.45) is 5.92 Å². The first-order valence-corrected chi connectivity index (χ1v) is 5.77. The van der Waals surface area contributed by atoms with E-state index in [1.807, 2.05) is 18.2 Å².